The Hall–Kier alpha value is -1.39. The number of hydrogen-bond donors (Lipinski definition) is 1. The number of amides is 1. The molecule has 5 heteroatoms. The van der Waals surface area contributed by atoms with Crippen LogP contribution in [0.1, 0.15) is 111 Å². The Balaban J connectivity index is 2.02. The Kier molecular flexibility index (Phi) is 13.0. The minimum atomic E-state index is 0.158. The van der Waals surface area contributed by atoms with Gasteiger partial charge in [0.15, 0.2) is 0 Å². The normalized spacial score (nSPS) is 13.0. The fourth-order valence-electron chi connectivity index (χ4n) is 3.52. The van der Waals surface area contributed by atoms with Gasteiger partial charge in [0.2, 0.25) is 5.91 Å². The lowest BCUT2D eigenvalue weighted by Crippen LogP contribution is -2.24. The van der Waals surface area contributed by atoms with Crippen molar-refractivity contribution >= 4 is 5.91 Å². The third-order valence-electron chi connectivity index (χ3n) is 6.03. The summed E-state index contributed by atoms with van der Waals surface area (Å²) >= 11 is 0. The van der Waals surface area contributed by atoms with Gasteiger partial charge in [-0.3, -0.25) is 9.48 Å². The molecule has 1 aromatic heterocycles. The van der Waals surface area contributed by atoms with Crippen molar-refractivity contribution in [1.29, 1.82) is 0 Å². The first-order valence-corrected chi connectivity index (χ1v) is 12.3. The molecule has 0 saturated carbocycles. The highest BCUT2D eigenvalue weighted by Gasteiger charge is 2.10. The Morgan fingerprint density at radius 1 is 1.03 bits per heavy atom. The molecular formula is C25H48N4O. The molecule has 5 nitrogen and oxygen atoms in total. The molecule has 1 rings (SSSR count). The lowest BCUT2D eigenvalue weighted by molar-refractivity contribution is -0.121. The topological polar surface area (TPSA) is 59.8 Å². The minimum Gasteiger partial charge on any atom is -0.356 e. The molecule has 0 fully saturated rings. The van der Waals surface area contributed by atoms with Crippen molar-refractivity contribution in [2.45, 2.75) is 119 Å². The second-order valence-electron chi connectivity index (χ2n) is 10.6. The van der Waals surface area contributed by atoms with Crippen molar-refractivity contribution in [2.75, 3.05) is 6.54 Å². The number of aromatic nitrogens is 3. The summed E-state index contributed by atoms with van der Waals surface area (Å²) in [6.45, 7) is 15.4. The largest absolute Gasteiger partial charge is 0.356 e. The minimum absolute atomic E-state index is 0.158. The summed E-state index contributed by atoms with van der Waals surface area (Å²) in [6, 6.07) is 0. The molecule has 1 N–H and O–H groups in total. The molecule has 30 heavy (non-hydrogen) atoms. The third kappa shape index (κ3) is 13.8. The zero-order valence-corrected chi connectivity index (χ0v) is 20.7. The molecule has 0 aliphatic rings. The third-order valence-corrected chi connectivity index (χ3v) is 6.03. The highest BCUT2D eigenvalue weighted by Crippen LogP contribution is 2.22. The average molecular weight is 421 g/mol. The summed E-state index contributed by atoms with van der Waals surface area (Å²) in [5.41, 5.74) is 1.47. The van der Waals surface area contributed by atoms with Gasteiger partial charge in [-0.1, -0.05) is 78.9 Å². The first-order chi connectivity index (χ1) is 14.2. The van der Waals surface area contributed by atoms with Gasteiger partial charge in [0.05, 0.1) is 5.69 Å². The van der Waals surface area contributed by atoms with E-state index in [0.717, 1.165) is 56.3 Å². The quantitative estimate of drug-likeness (QED) is 0.325. The van der Waals surface area contributed by atoms with Crippen LogP contribution >= 0.6 is 0 Å². The van der Waals surface area contributed by atoms with Crippen LogP contribution in [0, 0.1) is 17.3 Å². The van der Waals surface area contributed by atoms with E-state index in [4.69, 9.17) is 0 Å². The van der Waals surface area contributed by atoms with E-state index in [-0.39, 0.29) is 5.91 Å². The molecule has 1 aromatic rings. The maximum Gasteiger partial charge on any atom is 0.220 e. The molecule has 174 valence electrons. The van der Waals surface area contributed by atoms with Gasteiger partial charge >= 0.3 is 0 Å². The number of carbonyl (C=O) groups excluding carboxylic acids is 1. The number of nitrogens with one attached hydrogen (secondary N) is 1. The molecule has 1 amide bonds. The van der Waals surface area contributed by atoms with Crippen LogP contribution in [-0.2, 0) is 17.8 Å². The number of rotatable bonds is 16. The van der Waals surface area contributed by atoms with Gasteiger partial charge in [-0.15, -0.1) is 5.10 Å². The highest BCUT2D eigenvalue weighted by molar-refractivity contribution is 5.75. The molecule has 0 radical (unpaired) electrons. The summed E-state index contributed by atoms with van der Waals surface area (Å²) in [5, 5.41) is 11.5. The van der Waals surface area contributed by atoms with Gasteiger partial charge < -0.3 is 5.32 Å². The summed E-state index contributed by atoms with van der Waals surface area (Å²) in [5.74, 6) is 1.76. The van der Waals surface area contributed by atoms with Crippen LogP contribution < -0.4 is 5.32 Å². The van der Waals surface area contributed by atoms with Crippen molar-refractivity contribution in [2.24, 2.45) is 17.3 Å². The van der Waals surface area contributed by atoms with Crippen molar-refractivity contribution in [3.63, 3.8) is 0 Å². The molecule has 1 unspecified atom stereocenters. The maximum atomic E-state index is 12.0. The predicted molar refractivity (Wildman–Crippen MR) is 126 cm³/mol. The zero-order valence-electron chi connectivity index (χ0n) is 20.7. The molecule has 0 aliphatic carbocycles. The first kappa shape index (κ1) is 26.6. The van der Waals surface area contributed by atoms with Gasteiger partial charge in [-0.25, -0.2) is 0 Å². The molecule has 1 atom stereocenters. The molecule has 0 aliphatic heterocycles. The van der Waals surface area contributed by atoms with Crippen LogP contribution in [0.2, 0.25) is 0 Å². The summed E-state index contributed by atoms with van der Waals surface area (Å²) in [7, 11) is 0. The van der Waals surface area contributed by atoms with E-state index in [2.05, 4.69) is 57.2 Å². The van der Waals surface area contributed by atoms with Gasteiger partial charge in [-0.05, 0) is 49.4 Å². The molecule has 0 bridgehead atoms. The van der Waals surface area contributed by atoms with Crippen LogP contribution in [-0.4, -0.2) is 27.4 Å². The van der Waals surface area contributed by atoms with Crippen LogP contribution in [0.3, 0.4) is 0 Å². The van der Waals surface area contributed by atoms with E-state index in [0.29, 0.717) is 11.8 Å². The summed E-state index contributed by atoms with van der Waals surface area (Å²) < 4.78 is 1.88. The van der Waals surface area contributed by atoms with Crippen molar-refractivity contribution < 1.29 is 4.79 Å². The van der Waals surface area contributed by atoms with E-state index >= 15 is 0 Å². The Labute approximate surface area is 185 Å². The number of hydrogen-bond acceptors (Lipinski definition) is 3. The van der Waals surface area contributed by atoms with Crippen molar-refractivity contribution in [3.05, 3.63) is 11.9 Å². The lowest BCUT2D eigenvalue weighted by Gasteiger charge is -2.17. The van der Waals surface area contributed by atoms with Gasteiger partial charge in [-0.2, -0.15) is 0 Å². The number of nitrogens with zero attached hydrogens (tertiary/aromatic N) is 3. The predicted octanol–water partition coefficient (Wildman–Crippen LogP) is 6.18. The monoisotopic (exact) mass is 420 g/mol. The first-order valence-electron chi connectivity index (χ1n) is 12.3. The number of aryl methyl sites for hydroxylation is 2. The Bertz CT molecular complexity index is 574. The maximum absolute atomic E-state index is 12.0. The van der Waals surface area contributed by atoms with E-state index in [1.165, 1.54) is 38.5 Å². The second kappa shape index (κ2) is 14.6. The molecule has 0 aromatic carbocycles. The summed E-state index contributed by atoms with van der Waals surface area (Å²) in [4.78, 5) is 12.0. The fraction of sp³-hybridized carbons (Fsp3) is 0.880. The molecule has 0 saturated heterocycles. The average Bonchev–Trinajstić information content (AvgIpc) is 3.11. The van der Waals surface area contributed by atoms with Crippen molar-refractivity contribution in [3.8, 4) is 0 Å². The Morgan fingerprint density at radius 3 is 2.47 bits per heavy atom. The number of unbranched alkanes of at least 4 members (excludes halogenated alkanes) is 4. The van der Waals surface area contributed by atoms with Gasteiger partial charge in [0.1, 0.15) is 0 Å². The highest BCUT2D eigenvalue weighted by atomic mass is 16.1. The smallest absolute Gasteiger partial charge is 0.220 e. The molecule has 1 heterocycles. The van der Waals surface area contributed by atoms with E-state index in [9.17, 15) is 4.79 Å². The molecular weight excluding hydrogens is 372 g/mol. The van der Waals surface area contributed by atoms with E-state index in [1.807, 2.05) is 10.9 Å². The number of carbonyl (C=O) groups is 1. The Morgan fingerprint density at radius 2 is 1.77 bits per heavy atom. The van der Waals surface area contributed by atoms with E-state index < -0.39 is 0 Å². The van der Waals surface area contributed by atoms with Crippen LogP contribution in [0.5, 0.6) is 0 Å². The van der Waals surface area contributed by atoms with E-state index in [1.54, 1.807) is 0 Å². The standard InChI is InChI=1S/C25H48N4O/c1-21(2)22(3)14-9-7-8-12-18-26-24(30)16-13-19-29-20-23(27-28-29)15-10-11-17-25(4,5)6/h20-22H,7-19H2,1-6H3,(H,26,30). The molecule has 0 spiro atoms. The van der Waals surface area contributed by atoms with Crippen LogP contribution in [0.25, 0.3) is 0 Å². The lowest BCUT2D eigenvalue weighted by atomic mass is 9.89. The SMILES string of the molecule is CC(C)C(C)CCCCCCNC(=O)CCCn1cc(CCCCC(C)(C)C)nn1. The fourth-order valence-corrected chi connectivity index (χ4v) is 3.52. The van der Waals surface area contributed by atoms with Gasteiger partial charge in [0.25, 0.3) is 0 Å². The van der Waals surface area contributed by atoms with Gasteiger partial charge in [0, 0.05) is 25.7 Å². The van der Waals surface area contributed by atoms with Crippen LogP contribution in [0.4, 0.5) is 0 Å². The van der Waals surface area contributed by atoms with Crippen molar-refractivity contribution in [1.82, 2.24) is 20.3 Å². The zero-order chi connectivity index (χ0) is 22.4. The second-order valence-corrected chi connectivity index (χ2v) is 10.6. The van der Waals surface area contributed by atoms with Crippen LogP contribution in [0.15, 0.2) is 6.20 Å². The summed E-state index contributed by atoms with van der Waals surface area (Å²) in [6.07, 6.45) is 14.2.